The van der Waals surface area contributed by atoms with Gasteiger partial charge in [0.1, 0.15) is 17.7 Å². The van der Waals surface area contributed by atoms with Crippen LogP contribution in [0.3, 0.4) is 0 Å². The van der Waals surface area contributed by atoms with Gasteiger partial charge in [0, 0.05) is 19.0 Å². The lowest BCUT2D eigenvalue weighted by molar-refractivity contribution is -0.143. The van der Waals surface area contributed by atoms with Crippen LogP contribution >= 0.6 is 0 Å². The van der Waals surface area contributed by atoms with Crippen LogP contribution < -0.4 is 10.6 Å². The summed E-state index contributed by atoms with van der Waals surface area (Å²) in [6.07, 6.45) is 0.611. The molecule has 0 bridgehead atoms. The second kappa shape index (κ2) is 10.5. The first-order valence-corrected chi connectivity index (χ1v) is 10.1. The molecule has 0 radical (unpaired) electrons. The highest BCUT2D eigenvalue weighted by Gasteiger charge is 2.32. The Morgan fingerprint density at radius 2 is 1.62 bits per heavy atom. The number of aliphatic carboxylic acids is 1. The van der Waals surface area contributed by atoms with Gasteiger partial charge in [-0.25, -0.2) is 9.59 Å². The molecule has 3 N–H and O–H groups in total. The first-order chi connectivity index (χ1) is 13.3. The molecule has 1 fully saturated rings. The lowest BCUT2D eigenvalue weighted by Crippen LogP contribution is -2.52. The molecule has 0 saturated carbocycles. The van der Waals surface area contributed by atoms with Crippen LogP contribution in [0.5, 0.6) is 0 Å². The number of hydrogen-bond donors (Lipinski definition) is 3. The molecule has 0 aromatic rings. The lowest BCUT2D eigenvalue weighted by atomic mass is 9.94. The molecule has 1 heterocycles. The van der Waals surface area contributed by atoms with E-state index in [-0.39, 0.29) is 23.7 Å². The van der Waals surface area contributed by atoms with Crippen LogP contribution in [0.2, 0.25) is 0 Å². The first-order valence-electron chi connectivity index (χ1n) is 10.1. The number of piperidine rings is 1. The quantitative estimate of drug-likeness (QED) is 0.584. The van der Waals surface area contributed by atoms with Crippen molar-refractivity contribution in [3.63, 3.8) is 0 Å². The summed E-state index contributed by atoms with van der Waals surface area (Å²) in [5.41, 5.74) is -0.651. The van der Waals surface area contributed by atoms with Crippen molar-refractivity contribution in [2.24, 2.45) is 11.8 Å². The van der Waals surface area contributed by atoms with Crippen molar-refractivity contribution in [2.45, 2.75) is 78.5 Å². The number of carbonyl (C=O) groups is 4. The van der Waals surface area contributed by atoms with E-state index in [9.17, 15) is 24.3 Å². The predicted molar refractivity (Wildman–Crippen MR) is 107 cm³/mol. The summed E-state index contributed by atoms with van der Waals surface area (Å²) in [6, 6.07) is -1.64. The van der Waals surface area contributed by atoms with E-state index in [4.69, 9.17) is 4.74 Å². The SMILES string of the molecule is CC(C)CC(NC(=O)C1CCN(C(=O)C(C)NC(=O)OC(C)(C)C)CC1)C(=O)O. The Bertz CT molecular complexity index is 606. The van der Waals surface area contributed by atoms with Gasteiger partial charge in [-0.05, 0) is 52.9 Å². The van der Waals surface area contributed by atoms with Crippen LogP contribution in [-0.2, 0) is 19.1 Å². The number of carboxylic acids is 1. The van der Waals surface area contributed by atoms with Crippen LogP contribution in [0.15, 0.2) is 0 Å². The predicted octanol–water partition coefficient (Wildman–Crippen LogP) is 1.75. The maximum atomic E-state index is 12.5. The van der Waals surface area contributed by atoms with E-state index >= 15 is 0 Å². The van der Waals surface area contributed by atoms with Gasteiger partial charge >= 0.3 is 12.1 Å². The van der Waals surface area contributed by atoms with Crippen LogP contribution in [-0.4, -0.2) is 64.7 Å². The van der Waals surface area contributed by atoms with Gasteiger partial charge in [0.05, 0.1) is 0 Å². The first kappa shape index (κ1) is 24.7. The third kappa shape index (κ3) is 8.70. The van der Waals surface area contributed by atoms with Crippen molar-refractivity contribution in [1.82, 2.24) is 15.5 Å². The Kier molecular flexibility index (Phi) is 8.91. The van der Waals surface area contributed by atoms with Gasteiger partial charge in [0.15, 0.2) is 0 Å². The Balaban J connectivity index is 2.52. The maximum absolute atomic E-state index is 12.5. The number of nitrogens with zero attached hydrogens (tertiary/aromatic N) is 1. The zero-order valence-electron chi connectivity index (χ0n) is 18.3. The molecule has 2 atom stereocenters. The van der Waals surface area contributed by atoms with Crippen LogP contribution in [0, 0.1) is 11.8 Å². The summed E-state index contributed by atoms with van der Waals surface area (Å²) in [4.78, 5) is 49.7. The molecule has 0 spiro atoms. The van der Waals surface area contributed by atoms with Gasteiger partial charge in [0.25, 0.3) is 0 Å². The smallest absolute Gasteiger partial charge is 0.408 e. The van der Waals surface area contributed by atoms with Gasteiger partial charge in [-0.2, -0.15) is 0 Å². The topological polar surface area (TPSA) is 125 Å². The standard InChI is InChI=1S/C20H35N3O6/c1-12(2)11-15(18(26)27)22-16(24)14-7-9-23(10-8-14)17(25)13(3)21-19(28)29-20(4,5)6/h12-15H,7-11H2,1-6H3,(H,21,28)(H,22,24)(H,26,27). The number of carboxylic acid groups (broad SMARTS) is 1. The Morgan fingerprint density at radius 3 is 2.07 bits per heavy atom. The molecule has 9 nitrogen and oxygen atoms in total. The minimum atomic E-state index is -1.04. The summed E-state index contributed by atoms with van der Waals surface area (Å²) < 4.78 is 5.16. The van der Waals surface area contributed by atoms with Crippen molar-refractivity contribution < 1.29 is 29.0 Å². The zero-order valence-corrected chi connectivity index (χ0v) is 18.3. The van der Waals surface area contributed by atoms with Crippen molar-refractivity contribution in [3.8, 4) is 0 Å². The fraction of sp³-hybridized carbons (Fsp3) is 0.800. The molecule has 1 aliphatic heterocycles. The number of hydrogen-bond acceptors (Lipinski definition) is 5. The van der Waals surface area contributed by atoms with Gasteiger partial charge in [0.2, 0.25) is 11.8 Å². The molecule has 9 heteroatoms. The van der Waals surface area contributed by atoms with Gasteiger partial charge in [-0.15, -0.1) is 0 Å². The maximum Gasteiger partial charge on any atom is 0.408 e. The molecule has 0 aromatic heterocycles. The fourth-order valence-electron chi connectivity index (χ4n) is 3.16. The highest BCUT2D eigenvalue weighted by Crippen LogP contribution is 2.19. The highest BCUT2D eigenvalue weighted by atomic mass is 16.6. The second-order valence-electron chi connectivity index (χ2n) is 9.00. The number of ether oxygens (including phenoxy) is 1. The number of rotatable bonds is 7. The average Bonchev–Trinajstić information content (AvgIpc) is 2.58. The summed E-state index contributed by atoms with van der Waals surface area (Å²) in [7, 11) is 0. The van der Waals surface area contributed by atoms with Crippen LogP contribution in [0.1, 0.15) is 60.8 Å². The minimum Gasteiger partial charge on any atom is -0.480 e. The number of carbonyl (C=O) groups excluding carboxylic acids is 3. The molecular formula is C20H35N3O6. The van der Waals surface area contributed by atoms with Gasteiger partial charge < -0.3 is 25.4 Å². The molecule has 1 aliphatic rings. The van der Waals surface area contributed by atoms with E-state index in [0.29, 0.717) is 32.4 Å². The Morgan fingerprint density at radius 1 is 1.07 bits per heavy atom. The Hall–Kier alpha value is -2.32. The lowest BCUT2D eigenvalue weighted by Gasteiger charge is -2.33. The summed E-state index contributed by atoms with van der Waals surface area (Å²) in [6.45, 7) is 11.4. The van der Waals surface area contributed by atoms with Crippen LogP contribution in [0.25, 0.3) is 0 Å². The number of likely N-dealkylation sites (tertiary alicyclic amines) is 1. The monoisotopic (exact) mass is 413 g/mol. The molecule has 0 aromatic carbocycles. The highest BCUT2D eigenvalue weighted by molar-refractivity contribution is 5.87. The van der Waals surface area contributed by atoms with Crippen LogP contribution in [0.4, 0.5) is 4.79 Å². The number of amides is 3. The van der Waals surface area contributed by atoms with E-state index in [1.165, 1.54) is 0 Å². The summed E-state index contributed by atoms with van der Waals surface area (Å²) in [5.74, 6) is -1.75. The van der Waals surface area contributed by atoms with Gasteiger partial charge in [-0.1, -0.05) is 13.8 Å². The molecule has 3 amide bonds. The van der Waals surface area contributed by atoms with Crippen molar-refractivity contribution >= 4 is 23.9 Å². The van der Waals surface area contributed by atoms with E-state index < -0.39 is 29.7 Å². The molecule has 1 saturated heterocycles. The summed E-state index contributed by atoms with van der Waals surface area (Å²) >= 11 is 0. The molecular weight excluding hydrogens is 378 g/mol. The summed E-state index contributed by atoms with van der Waals surface area (Å²) in [5, 5.41) is 14.4. The number of nitrogens with one attached hydrogen (secondary N) is 2. The fourth-order valence-corrected chi connectivity index (χ4v) is 3.16. The van der Waals surface area contributed by atoms with Crippen molar-refractivity contribution in [1.29, 1.82) is 0 Å². The number of alkyl carbamates (subject to hydrolysis) is 1. The average molecular weight is 414 g/mol. The Labute approximate surface area is 172 Å². The third-order valence-corrected chi connectivity index (χ3v) is 4.60. The van der Waals surface area contributed by atoms with Crippen molar-refractivity contribution in [2.75, 3.05) is 13.1 Å². The van der Waals surface area contributed by atoms with Crippen molar-refractivity contribution in [3.05, 3.63) is 0 Å². The van der Waals surface area contributed by atoms with E-state index in [1.807, 2.05) is 13.8 Å². The van der Waals surface area contributed by atoms with E-state index in [0.717, 1.165) is 0 Å². The third-order valence-electron chi connectivity index (χ3n) is 4.60. The van der Waals surface area contributed by atoms with E-state index in [2.05, 4.69) is 10.6 Å². The van der Waals surface area contributed by atoms with E-state index in [1.54, 1.807) is 32.6 Å². The molecule has 29 heavy (non-hydrogen) atoms. The normalized spacial score (nSPS) is 17.4. The van der Waals surface area contributed by atoms with Gasteiger partial charge in [-0.3, -0.25) is 9.59 Å². The largest absolute Gasteiger partial charge is 0.480 e. The minimum absolute atomic E-state index is 0.148. The molecule has 0 aliphatic carbocycles. The molecule has 2 unspecified atom stereocenters. The zero-order chi connectivity index (χ0) is 22.4. The molecule has 1 rings (SSSR count). The molecule has 166 valence electrons. The second-order valence-corrected chi connectivity index (χ2v) is 9.00.